The first-order valence-electron chi connectivity index (χ1n) is 6.69. The molecule has 2 aliphatic heterocycles. The lowest BCUT2D eigenvalue weighted by molar-refractivity contribution is -0.173. The van der Waals surface area contributed by atoms with Crippen molar-refractivity contribution in [1.29, 1.82) is 0 Å². The second-order valence-corrected chi connectivity index (χ2v) is 6.18. The van der Waals surface area contributed by atoms with Gasteiger partial charge in [-0.3, -0.25) is 9.59 Å². The minimum atomic E-state index is -1.44. The maximum atomic E-state index is 12.0. The SMILES string of the molecule is CC(C)(C)OC(=O)N[C@@H]1C(=O)N2C(C(=O)O)C(=O)CC[C@@H]12. The van der Waals surface area contributed by atoms with Crippen LogP contribution >= 0.6 is 0 Å². The quantitative estimate of drug-likeness (QED) is 0.544. The third-order valence-corrected chi connectivity index (χ3v) is 3.44. The summed E-state index contributed by atoms with van der Waals surface area (Å²) in [5.74, 6) is -2.39. The molecule has 2 rings (SSSR count). The van der Waals surface area contributed by atoms with Crippen molar-refractivity contribution in [3.63, 3.8) is 0 Å². The summed E-state index contributed by atoms with van der Waals surface area (Å²) in [6, 6.07) is -2.73. The average molecular weight is 298 g/mol. The molecular formula is C13H18N2O6. The number of ketones is 1. The fraction of sp³-hybridized carbons (Fsp3) is 0.692. The molecule has 0 bridgehead atoms. The molecule has 0 aromatic heterocycles. The van der Waals surface area contributed by atoms with Crippen LogP contribution in [0.5, 0.6) is 0 Å². The van der Waals surface area contributed by atoms with Crippen molar-refractivity contribution in [2.24, 2.45) is 0 Å². The van der Waals surface area contributed by atoms with Gasteiger partial charge in [-0.05, 0) is 27.2 Å². The van der Waals surface area contributed by atoms with Gasteiger partial charge in [0.05, 0.1) is 6.04 Å². The van der Waals surface area contributed by atoms with Crippen molar-refractivity contribution >= 4 is 23.8 Å². The molecule has 0 aliphatic carbocycles. The molecule has 2 N–H and O–H groups in total. The minimum absolute atomic E-state index is 0.0813. The topological polar surface area (TPSA) is 113 Å². The van der Waals surface area contributed by atoms with E-state index in [9.17, 15) is 19.2 Å². The first kappa shape index (κ1) is 15.3. The number of carboxylic acids is 1. The molecule has 0 aromatic carbocycles. The largest absolute Gasteiger partial charge is 0.479 e. The number of Topliss-reactive ketones (excluding diaryl/α,β-unsaturated/α-hetero) is 1. The number of hydrogen-bond acceptors (Lipinski definition) is 5. The molecule has 8 heteroatoms. The Labute approximate surface area is 121 Å². The molecule has 2 aliphatic rings. The highest BCUT2D eigenvalue weighted by molar-refractivity contribution is 6.09. The summed E-state index contributed by atoms with van der Waals surface area (Å²) >= 11 is 0. The Balaban J connectivity index is 2.04. The number of nitrogens with zero attached hydrogens (tertiary/aromatic N) is 1. The molecule has 2 fully saturated rings. The van der Waals surface area contributed by atoms with Crippen LogP contribution in [-0.4, -0.2) is 57.5 Å². The zero-order valence-corrected chi connectivity index (χ0v) is 12.1. The van der Waals surface area contributed by atoms with E-state index in [1.807, 2.05) is 0 Å². The highest BCUT2D eigenvalue weighted by Gasteiger charge is 2.57. The Morgan fingerprint density at radius 3 is 2.48 bits per heavy atom. The van der Waals surface area contributed by atoms with E-state index in [0.29, 0.717) is 6.42 Å². The van der Waals surface area contributed by atoms with Crippen molar-refractivity contribution in [2.45, 2.75) is 57.3 Å². The van der Waals surface area contributed by atoms with E-state index in [0.717, 1.165) is 4.90 Å². The van der Waals surface area contributed by atoms with Crippen LogP contribution in [0.25, 0.3) is 0 Å². The molecule has 2 amide bonds. The summed E-state index contributed by atoms with van der Waals surface area (Å²) in [6.07, 6.45) is -0.309. The number of piperidine rings is 1. The minimum Gasteiger partial charge on any atom is -0.479 e. The van der Waals surface area contributed by atoms with Crippen molar-refractivity contribution in [2.75, 3.05) is 0 Å². The molecule has 1 unspecified atom stereocenters. The zero-order valence-electron chi connectivity index (χ0n) is 12.1. The van der Waals surface area contributed by atoms with Crippen molar-refractivity contribution in [3.8, 4) is 0 Å². The molecule has 2 saturated heterocycles. The summed E-state index contributed by atoms with van der Waals surface area (Å²) in [7, 11) is 0. The van der Waals surface area contributed by atoms with E-state index < -0.39 is 47.5 Å². The number of amides is 2. The lowest BCUT2D eigenvalue weighted by Gasteiger charge is -2.51. The Bertz CT molecular complexity index is 509. The number of ether oxygens (including phenoxy) is 1. The predicted octanol–water partition coefficient (Wildman–Crippen LogP) is -0.0934. The number of carbonyl (C=O) groups is 4. The Kier molecular flexibility index (Phi) is 3.65. The van der Waals surface area contributed by atoms with Gasteiger partial charge in [0.1, 0.15) is 11.6 Å². The number of rotatable bonds is 2. The van der Waals surface area contributed by atoms with Gasteiger partial charge < -0.3 is 20.1 Å². The molecule has 0 spiro atoms. The van der Waals surface area contributed by atoms with Gasteiger partial charge in [-0.1, -0.05) is 0 Å². The first-order valence-corrected chi connectivity index (χ1v) is 6.69. The van der Waals surface area contributed by atoms with Crippen LogP contribution in [-0.2, 0) is 19.1 Å². The Morgan fingerprint density at radius 2 is 1.95 bits per heavy atom. The molecule has 0 aromatic rings. The fourth-order valence-electron chi connectivity index (χ4n) is 2.62. The second kappa shape index (κ2) is 5.01. The van der Waals surface area contributed by atoms with Crippen molar-refractivity contribution < 1.29 is 29.0 Å². The average Bonchev–Trinajstić information content (AvgIpc) is 2.33. The summed E-state index contributed by atoms with van der Waals surface area (Å²) in [5, 5.41) is 11.5. The Morgan fingerprint density at radius 1 is 1.33 bits per heavy atom. The van der Waals surface area contributed by atoms with Crippen molar-refractivity contribution in [3.05, 3.63) is 0 Å². The summed E-state index contributed by atoms with van der Waals surface area (Å²) in [5.41, 5.74) is -0.692. The van der Waals surface area contributed by atoms with E-state index in [1.165, 1.54) is 0 Å². The van der Waals surface area contributed by atoms with Gasteiger partial charge in [0.25, 0.3) is 0 Å². The standard InChI is InChI=1S/C13H18N2O6/c1-13(2,3)21-12(20)14-8-6-4-5-7(16)9(11(18)19)15(6)10(8)17/h6,8-9H,4-5H2,1-3H3,(H,14,20)(H,18,19)/t6-,8-,9?/m0/s1. The van der Waals surface area contributed by atoms with Gasteiger partial charge in [-0.25, -0.2) is 9.59 Å². The lowest BCUT2D eigenvalue weighted by Crippen LogP contribution is -2.77. The van der Waals surface area contributed by atoms with Crippen LogP contribution < -0.4 is 5.32 Å². The molecule has 116 valence electrons. The van der Waals surface area contributed by atoms with Crippen LogP contribution in [0.3, 0.4) is 0 Å². The smallest absolute Gasteiger partial charge is 0.408 e. The molecular weight excluding hydrogens is 280 g/mol. The van der Waals surface area contributed by atoms with Gasteiger partial charge in [0, 0.05) is 6.42 Å². The van der Waals surface area contributed by atoms with Gasteiger partial charge in [-0.2, -0.15) is 0 Å². The van der Waals surface area contributed by atoms with E-state index in [4.69, 9.17) is 9.84 Å². The highest BCUT2D eigenvalue weighted by Crippen LogP contribution is 2.32. The third kappa shape index (κ3) is 2.84. The van der Waals surface area contributed by atoms with Crippen molar-refractivity contribution in [1.82, 2.24) is 10.2 Å². The van der Waals surface area contributed by atoms with Crippen LogP contribution in [0, 0.1) is 0 Å². The normalized spacial score (nSPS) is 28.5. The summed E-state index contributed by atoms with van der Waals surface area (Å²) in [4.78, 5) is 47.4. The number of nitrogens with one attached hydrogen (secondary N) is 1. The molecule has 0 saturated carbocycles. The van der Waals surface area contributed by atoms with Gasteiger partial charge >= 0.3 is 12.1 Å². The van der Waals surface area contributed by atoms with Crippen LogP contribution in [0.4, 0.5) is 4.79 Å². The van der Waals surface area contributed by atoms with Gasteiger partial charge in [-0.15, -0.1) is 0 Å². The number of carboxylic acid groups (broad SMARTS) is 1. The van der Waals surface area contributed by atoms with Crippen LogP contribution in [0.15, 0.2) is 0 Å². The van der Waals surface area contributed by atoms with Gasteiger partial charge in [0.15, 0.2) is 11.8 Å². The molecule has 3 atom stereocenters. The molecule has 2 heterocycles. The fourth-order valence-corrected chi connectivity index (χ4v) is 2.62. The van der Waals surface area contributed by atoms with E-state index in [2.05, 4.69) is 5.32 Å². The third-order valence-electron chi connectivity index (χ3n) is 3.44. The van der Waals surface area contributed by atoms with E-state index >= 15 is 0 Å². The summed E-state index contributed by atoms with van der Waals surface area (Å²) < 4.78 is 5.06. The number of hydrogen-bond donors (Lipinski definition) is 2. The lowest BCUT2D eigenvalue weighted by atomic mass is 9.82. The summed E-state index contributed by atoms with van der Waals surface area (Å²) in [6.45, 7) is 5.09. The number of alkyl carbamates (subject to hydrolysis) is 1. The first-order chi connectivity index (χ1) is 9.61. The number of carbonyl (C=O) groups excluding carboxylic acids is 3. The predicted molar refractivity (Wildman–Crippen MR) is 69.5 cm³/mol. The number of aliphatic carboxylic acids is 1. The maximum Gasteiger partial charge on any atom is 0.408 e. The zero-order chi connectivity index (χ0) is 15.9. The Hall–Kier alpha value is -2.12. The monoisotopic (exact) mass is 298 g/mol. The number of fused-ring (bicyclic) bond motifs is 1. The second-order valence-electron chi connectivity index (χ2n) is 6.18. The van der Waals surface area contributed by atoms with Crippen LogP contribution in [0.1, 0.15) is 33.6 Å². The van der Waals surface area contributed by atoms with Crippen LogP contribution in [0.2, 0.25) is 0 Å². The highest BCUT2D eigenvalue weighted by atomic mass is 16.6. The molecule has 21 heavy (non-hydrogen) atoms. The van der Waals surface area contributed by atoms with E-state index in [-0.39, 0.29) is 6.42 Å². The maximum absolute atomic E-state index is 12.0. The number of β-lactam (4-membered cyclic amide) rings is 1. The molecule has 8 nitrogen and oxygen atoms in total. The van der Waals surface area contributed by atoms with E-state index in [1.54, 1.807) is 20.8 Å². The van der Waals surface area contributed by atoms with Gasteiger partial charge in [0.2, 0.25) is 5.91 Å². The molecule has 0 radical (unpaired) electrons.